The number of carbonyl (C=O) groups excluding carboxylic acids is 3. The average molecular weight is 330 g/mol. The number of amides is 2. The molecular weight excluding hydrogens is 312 g/mol. The average Bonchev–Trinajstić information content (AvgIpc) is 2.56. The molecular formula is C17H18N2O5. The Kier molecular flexibility index (Phi) is 5.36. The van der Waals surface area contributed by atoms with Crippen LogP contribution in [0.2, 0.25) is 0 Å². The van der Waals surface area contributed by atoms with Crippen molar-refractivity contribution in [3.63, 3.8) is 0 Å². The highest BCUT2D eigenvalue weighted by atomic mass is 16.5. The van der Waals surface area contributed by atoms with Crippen molar-refractivity contribution in [2.24, 2.45) is 0 Å². The van der Waals surface area contributed by atoms with Crippen LogP contribution < -0.4 is 5.32 Å². The van der Waals surface area contributed by atoms with Gasteiger partial charge in [-0.15, -0.1) is 0 Å². The molecule has 2 amide bonds. The van der Waals surface area contributed by atoms with Gasteiger partial charge < -0.3 is 20.1 Å². The number of ether oxygens (including phenoxy) is 1. The lowest BCUT2D eigenvalue weighted by Gasteiger charge is -2.11. The van der Waals surface area contributed by atoms with Crippen molar-refractivity contribution >= 4 is 28.6 Å². The van der Waals surface area contributed by atoms with Gasteiger partial charge in [0.1, 0.15) is 11.3 Å². The summed E-state index contributed by atoms with van der Waals surface area (Å²) in [6.45, 7) is -0.712. The van der Waals surface area contributed by atoms with Gasteiger partial charge in [0.15, 0.2) is 6.61 Å². The van der Waals surface area contributed by atoms with Gasteiger partial charge in [-0.2, -0.15) is 0 Å². The molecule has 0 atom stereocenters. The number of nitrogens with one attached hydrogen (secondary N) is 1. The molecule has 0 saturated heterocycles. The normalized spacial score (nSPS) is 10.2. The van der Waals surface area contributed by atoms with Crippen LogP contribution in [0, 0.1) is 0 Å². The molecule has 0 bridgehead atoms. The third kappa shape index (κ3) is 4.22. The molecule has 0 aliphatic heterocycles. The van der Waals surface area contributed by atoms with Gasteiger partial charge >= 0.3 is 5.97 Å². The molecule has 0 aliphatic carbocycles. The second-order valence-corrected chi connectivity index (χ2v) is 5.36. The van der Waals surface area contributed by atoms with Crippen LogP contribution in [0.15, 0.2) is 36.4 Å². The van der Waals surface area contributed by atoms with Crippen LogP contribution in [0.25, 0.3) is 10.8 Å². The fourth-order valence-electron chi connectivity index (χ4n) is 1.98. The lowest BCUT2D eigenvalue weighted by atomic mass is 10.1. The SMILES string of the molecule is CN(C)C(=O)CNC(=O)COC(=O)c1cc2ccccc2cc1O. The van der Waals surface area contributed by atoms with Crippen LogP contribution in [-0.2, 0) is 14.3 Å². The summed E-state index contributed by atoms with van der Waals surface area (Å²) in [5.41, 5.74) is -0.0223. The van der Waals surface area contributed by atoms with Gasteiger partial charge in [0.2, 0.25) is 5.91 Å². The van der Waals surface area contributed by atoms with Crippen molar-refractivity contribution in [1.29, 1.82) is 0 Å². The number of carbonyl (C=O) groups is 3. The largest absolute Gasteiger partial charge is 0.507 e. The van der Waals surface area contributed by atoms with E-state index in [1.165, 1.54) is 17.0 Å². The summed E-state index contributed by atoms with van der Waals surface area (Å²) in [6.07, 6.45) is 0. The molecule has 0 saturated carbocycles. The van der Waals surface area contributed by atoms with Crippen molar-refractivity contribution in [3.8, 4) is 5.75 Å². The predicted octanol–water partition coefficient (Wildman–Crippen LogP) is 0.907. The number of hydrogen-bond donors (Lipinski definition) is 2. The highest BCUT2D eigenvalue weighted by Crippen LogP contribution is 2.25. The third-order valence-electron chi connectivity index (χ3n) is 3.35. The van der Waals surface area contributed by atoms with Crippen LogP contribution >= 0.6 is 0 Å². The van der Waals surface area contributed by atoms with E-state index in [1.54, 1.807) is 26.2 Å². The molecule has 0 spiro atoms. The molecule has 24 heavy (non-hydrogen) atoms. The molecule has 126 valence electrons. The van der Waals surface area contributed by atoms with Gasteiger partial charge in [-0.1, -0.05) is 24.3 Å². The quantitative estimate of drug-likeness (QED) is 0.794. The zero-order chi connectivity index (χ0) is 17.7. The van der Waals surface area contributed by atoms with Gasteiger partial charge in [0.05, 0.1) is 6.54 Å². The monoisotopic (exact) mass is 330 g/mol. The van der Waals surface area contributed by atoms with Crippen LogP contribution in [-0.4, -0.2) is 55.0 Å². The summed E-state index contributed by atoms with van der Waals surface area (Å²) in [4.78, 5) is 36.3. The molecule has 0 fully saturated rings. The van der Waals surface area contributed by atoms with Gasteiger partial charge in [-0.25, -0.2) is 4.79 Å². The molecule has 7 nitrogen and oxygen atoms in total. The Hall–Kier alpha value is -3.09. The highest BCUT2D eigenvalue weighted by Gasteiger charge is 2.16. The minimum absolute atomic E-state index is 0.0223. The molecule has 0 heterocycles. The number of fused-ring (bicyclic) bond motifs is 1. The Balaban J connectivity index is 1.96. The molecule has 0 radical (unpaired) electrons. The van der Waals surface area contributed by atoms with Crippen LogP contribution in [0.1, 0.15) is 10.4 Å². The van der Waals surface area contributed by atoms with E-state index < -0.39 is 18.5 Å². The maximum Gasteiger partial charge on any atom is 0.342 e. The lowest BCUT2D eigenvalue weighted by Crippen LogP contribution is -2.38. The number of phenols is 1. The number of hydrogen-bond acceptors (Lipinski definition) is 5. The van der Waals surface area contributed by atoms with E-state index in [-0.39, 0.29) is 23.8 Å². The number of likely N-dealkylation sites (N-methyl/N-ethyl adjacent to an activating group) is 1. The second-order valence-electron chi connectivity index (χ2n) is 5.36. The van der Waals surface area contributed by atoms with E-state index in [2.05, 4.69) is 5.32 Å². The summed E-state index contributed by atoms with van der Waals surface area (Å²) < 4.78 is 4.88. The summed E-state index contributed by atoms with van der Waals surface area (Å²) in [7, 11) is 3.13. The van der Waals surface area contributed by atoms with E-state index in [0.29, 0.717) is 0 Å². The number of rotatable bonds is 5. The Bertz CT molecular complexity index is 786. The zero-order valence-corrected chi connectivity index (χ0v) is 13.4. The van der Waals surface area contributed by atoms with Gasteiger partial charge in [-0.3, -0.25) is 9.59 Å². The van der Waals surface area contributed by atoms with Crippen molar-refractivity contribution in [3.05, 3.63) is 42.0 Å². The molecule has 2 N–H and O–H groups in total. The summed E-state index contributed by atoms with van der Waals surface area (Å²) in [5.74, 6) is -1.91. The minimum Gasteiger partial charge on any atom is -0.507 e. The summed E-state index contributed by atoms with van der Waals surface area (Å²) in [6, 6.07) is 10.2. The van der Waals surface area contributed by atoms with Crippen molar-refractivity contribution in [2.45, 2.75) is 0 Å². The molecule has 0 aromatic heterocycles. The number of nitrogens with zero attached hydrogens (tertiary/aromatic N) is 1. The van der Waals surface area contributed by atoms with Crippen molar-refractivity contribution < 1.29 is 24.2 Å². The number of esters is 1. The molecule has 0 unspecified atom stereocenters. The number of phenolic OH excluding ortho intramolecular Hbond substituents is 1. The first kappa shape index (κ1) is 17.3. The van der Waals surface area contributed by atoms with E-state index in [0.717, 1.165) is 10.8 Å². The third-order valence-corrected chi connectivity index (χ3v) is 3.35. The minimum atomic E-state index is -0.813. The van der Waals surface area contributed by atoms with Crippen LogP contribution in [0.5, 0.6) is 5.75 Å². The topological polar surface area (TPSA) is 95.9 Å². The maximum absolute atomic E-state index is 12.0. The van der Waals surface area contributed by atoms with E-state index in [4.69, 9.17) is 4.74 Å². The smallest absolute Gasteiger partial charge is 0.342 e. The Labute approximate surface area is 138 Å². The van der Waals surface area contributed by atoms with E-state index in [1.807, 2.05) is 12.1 Å². The Morgan fingerprint density at radius 1 is 1.12 bits per heavy atom. The van der Waals surface area contributed by atoms with E-state index in [9.17, 15) is 19.5 Å². The molecule has 7 heteroatoms. The fraction of sp³-hybridized carbons (Fsp3) is 0.235. The van der Waals surface area contributed by atoms with Gasteiger partial charge in [0, 0.05) is 14.1 Å². The van der Waals surface area contributed by atoms with Crippen LogP contribution in [0.3, 0.4) is 0 Å². The summed E-state index contributed by atoms with van der Waals surface area (Å²) >= 11 is 0. The van der Waals surface area contributed by atoms with Gasteiger partial charge in [0.25, 0.3) is 5.91 Å². The standard InChI is InChI=1S/C17H18N2O5/c1-19(2)16(22)9-18-15(21)10-24-17(23)13-7-11-5-3-4-6-12(11)8-14(13)20/h3-8,20H,9-10H2,1-2H3,(H,18,21). The maximum atomic E-state index is 12.0. The van der Waals surface area contributed by atoms with Gasteiger partial charge in [-0.05, 0) is 22.9 Å². The Morgan fingerprint density at radius 3 is 2.38 bits per heavy atom. The second kappa shape index (κ2) is 7.45. The van der Waals surface area contributed by atoms with E-state index >= 15 is 0 Å². The fourth-order valence-corrected chi connectivity index (χ4v) is 1.98. The molecule has 2 rings (SSSR count). The highest BCUT2D eigenvalue weighted by molar-refractivity contribution is 5.99. The number of benzene rings is 2. The zero-order valence-electron chi connectivity index (χ0n) is 13.4. The Morgan fingerprint density at radius 2 is 1.75 bits per heavy atom. The lowest BCUT2D eigenvalue weighted by molar-refractivity contribution is -0.131. The first-order valence-corrected chi connectivity index (χ1v) is 7.24. The number of aromatic hydroxyl groups is 1. The van der Waals surface area contributed by atoms with Crippen LogP contribution in [0.4, 0.5) is 0 Å². The molecule has 2 aromatic rings. The first-order chi connectivity index (χ1) is 11.4. The summed E-state index contributed by atoms with van der Waals surface area (Å²) in [5, 5.41) is 13.8. The molecule has 0 aliphatic rings. The first-order valence-electron chi connectivity index (χ1n) is 7.24. The van der Waals surface area contributed by atoms with Crippen molar-refractivity contribution in [1.82, 2.24) is 10.2 Å². The predicted molar refractivity (Wildman–Crippen MR) is 87.6 cm³/mol. The van der Waals surface area contributed by atoms with Crippen molar-refractivity contribution in [2.75, 3.05) is 27.2 Å². The molecule has 2 aromatic carbocycles.